The number of likely N-dealkylation sites (tertiary alicyclic amines) is 1. The molecule has 1 fully saturated rings. The highest BCUT2D eigenvalue weighted by atomic mass is 16.2. The zero-order chi connectivity index (χ0) is 16.2. The molecular formula is C18H24N4O. The molecule has 1 aromatic heterocycles. The van der Waals surface area contributed by atoms with Gasteiger partial charge in [0.2, 0.25) is 0 Å². The number of aryl methyl sites for hydroxylation is 1. The number of anilines is 1. The maximum absolute atomic E-state index is 12.5. The Morgan fingerprint density at radius 1 is 1.35 bits per heavy atom. The molecule has 2 aromatic rings. The van der Waals surface area contributed by atoms with Crippen LogP contribution in [-0.2, 0) is 7.05 Å². The average Bonchev–Trinajstić information content (AvgIpc) is 3.00. The molecule has 1 aliphatic rings. The van der Waals surface area contributed by atoms with Gasteiger partial charge in [0.15, 0.2) is 0 Å². The molecule has 1 N–H and O–H groups in total. The summed E-state index contributed by atoms with van der Waals surface area (Å²) in [5, 5.41) is 7.02. The highest BCUT2D eigenvalue weighted by molar-refractivity contribution is 5.89. The van der Waals surface area contributed by atoms with Crippen LogP contribution >= 0.6 is 0 Å². The van der Waals surface area contributed by atoms with Crippen molar-refractivity contribution in [1.82, 2.24) is 14.7 Å². The van der Waals surface area contributed by atoms with Crippen LogP contribution in [0.5, 0.6) is 0 Å². The molecular weight excluding hydrogens is 288 g/mol. The number of urea groups is 1. The third kappa shape index (κ3) is 3.55. The predicted octanol–water partition coefficient (Wildman–Crippen LogP) is 3.47. The van der Waals surface area contributed by atoms with E-state index in [4.69, 9.17) is 0 Å². The lowest BCUT2D eigenvalue weighted by Gasteiger charge is -2.38. The summed E-state index contributed by atoms with van der Waals surface area (Å²) < 4.78 is 1.69. The Morgan fingerprint density at radius 2 is 2.13 bits per heavy atom. The molecule has 0 saturated carbocycles. The maximum Gasteiger partial charge on any atom is 0.321 e. The average molecular weight is 312 g/mol. The Kier molecular flexibility index (Phi) is 4.65. The lowest BCUT2D eigenvalue weighted by Crippen LogP contribution is -2.44. The van der Waals surface area contributed by atoms with E-state index >= 15 is 0 Å². The standard InChI is InChI=1S/C18H24N4O/c1-3-14-12-22(18(23)20-16-11-19-21(2)13-16)10-9-17(14)15-7-5-4-6-8-15/h4-8,11,13-14,17H,3,9-10,12H2,1-2H3,(H,20,23)/t14-,17-/m1/s1. The first-order valence-corrected chi connectivity index (χ1v) is 8.27. The van der Waals surface area contributed by atoms with Gasteiger partial charge in [-0.25, -0.2) is 4.79 Å². The second kappa shape index (κ2) is 6.86. The van der Waals surface area contributed by atoms with E-state index in [0.29, 0.717) is 11.8 Å². The predicted molar refractivity (Wildman–Crippen MR) is 91.4 cm³/mol. The molecule has 3 rings (SSSR count). The molecule has 1 saturated heterocycles. The van der Waals surface area contributed by atoms with Crippen LogP contribution in [0.4, 0.5) is 10.5 Å². The van der Waals surface area contributed by atoms with Gasteiger partial charge < -0.3 is 10.2 Å². The molecule has 2 atom stereocenters. The zero-order valence-corrected chi connectivity index (χ0v) is 13.8. The van der Waals surface area contributed by atoms with Gasteiger partial charge >= 0.3 is 6.03 Å². The number of hydrogen-bond acceptors (Lipinski definition) is 2. The number of rotatable bonds is 3. The van der Waals surface area contributed by atoms with E-state index in [1.54, 1.807) is 10.9 Å². The van der Waals surface area contributed by atoms with Crippen molar-refractivity contribution >= 4 is 11.7 Å². The Bertz CT molecular complexity index is 652. The van der Waals surface area contributed by atoms with Crippen LogP contribution in [0.1, 0.15) is 31.2 Å². The normalized spacial score (nSPS) is 21.2. The fraction of sp³-hybridized carbons (Fsp3) is 0.444. The van der Waals surface area contributed by atoms with Crippen LogP contribution in [0.25, 0.3) is 0 Å². The summed E-state index contributed by atoms with van der Waals surface area (Å²) in [6, 6.07) is 10.6. The Hall–Kier alpha value is -2.30. The second-order valence-electron chi connectivity index (χ2n) is 6.25. The Labute approximate surface area is 137 Å². The molecule has 0 spiro atoms. The monoisotopic (exact) mass is 312 g/mol. The highest BCUT2D eigenvalue weighted by Gasteiger charge is 2.31. The van der Waals surface area contributed by atoms with Gasteiger partial charge in [0.05, 0.1) is 11.9 Å². The van der Waals surface area contributed by atoms with Gasteiger partial charge in [-0.1, -0.05) is 43.7 Å². The Balaban J connectivity index is 1.65. The molecule has 0 unspecified atom stereocenters. The van der Waals surface area contributed by atoms with E-state index < -0.39 is 0 Å². The number of nitrogens with zero attached hydrogens (tertiary/aromatic N) is 3. The fourth-order valence-electron chi connectivity index (χ4n) is 3.46. The van der Waals surface area contributed by atoms with E-state index in [-0.39, 0.29) is 6.03 Å². The molecule has 0 bridgehead atoms. The van der Waals surface area contributed by atoms with Crippen molar-refractivity contribution in [2.45, 2.75) is 25.7 Å². The first-order valence-electron chi connectivity index (χ1n) is 8.27. The summed E-state index contributed by atoms with van der Waals surface area (Å²) in [6.45, 7) is 3.81. The van der Waals surface area contributed by atoms with E-state index in [1.807, 2.05) is 18.1 Å². The zero-order valence-electron chi connectivity index (χ0n) is 13.8. The lowest BCUT2D eigenvalue weighted by molar-refractivity contribution is 0.162. The highest BCUT2D eigenvalue weighted by Crippen LogP contribution is 2.34. The minimum atomic E-state index is -0.0250. The van der Waals surface area contributed by atoms with Crippen molar-refractivity contribution in [2.75, 3.05) is 18.4 Å². The number of nitrogens with one attached hydrogen (secondary N) is 1. The maximum atomic E-state index is 12.5. The van der Waals surface area contributed by atoms with Gasteiger partial charge in [-0.2, -0.15) is 5.10 Å². The van der Waals surface area contributed by atoms with Crippen molar-refractivity contribution < 1.29 is 4.79 Å². The quantitative estimate of drug-likeness (QED) is 0.943. The van der Waals surface area contributed by atoms with Crippen molar-refractivity contribution in [1.29, 1.82) is 0 Å². The van der Waals surface area contributed by atoms with Crippen molar-refractivity contribution in [2.24, 2.45) is 13.0 Å². The summed E-state index contributed by atoms with van der Waals surface area (Å²) in [5.41, 5.74) is 2.14. The van der Waals surface area contributed by atoms with Crippen LogP contribution in [-0.4, -0.2) is 33.8 Å². The van der Waals surface area contributed by atoms with Gasteiger partial charge in [0.1, 0.15) is 0 Å². The largest absolute Gasteiger partial charge is 0.324 e. The summed E-state index contributed by atoms with van der Waals surface area (Å²) in [7, 11) is 1.84. The number of carbonyl (C=O) groups is 1. The van der Waals surface area contributed by atoms with Crippen molar-refractivity contribution in [3.63, 3.8) is 0 Å². The van der Waals surface area contributed by atoms with Gasteiger partial charge in [-0.15, -0.1) is 0 Å². The molecule has 2 heterocycles. The third-order valence-corrected chi connectivity index (χ3v) is 4.73. The van der Waals surface area contributed by atoms with Crippen LogP contribution in [0.3, 0.4) is 0 Å². The van der Waals surface area contributed by atoms with Gasteiger partial charge in [-0.3, -0.25) is 4.68 Å². The topological polar surface area (TPSA) is 50.2 Å². The van der Waals surface area contributed by atoms with Crippen LogP contribution in [0.15, 0.2) is 42.7 Å². The number of aromatic nitrogens is 2. The smallest absolute Gasteiger partial charge is 0.321 e. The molecule has 2 amide bonds. The minimum Gasteiger partial charge on any atom is -0.324 e. The number of hydrogen-bond donors (Lipinski definition) is 1. The number of amides is 2. The summed E-state index contributed by atoms with van der Waals surface area (Å²) in [5.74, 6) is 1.05. The van der Waals surface area contributed by atoms with E-state index in [0.717, 1.165) is 31.6 Å². The number of benzene rings is 1. The summed E-state index contributed by atoms with van der Waals surface area (Å²) in [6.07, 6.45) is 5.58. The summed E-state index contributed by atoms with van der Waals surface area (Å²) in [4.78, 5) is 14.4. The third-order valence-electron chi connectivity index (χ3n) is 4.73. The fourth-order valence-corrected chi connectivity index (χ4v) is 3.46. The molecule has 23 heavy (non-hydrogen) atoms. The van der Waals surface area contributed by atoms with Crippen LogP contribution < -0.4 is 5.32 Å². The van der Waals surface area contributed by atoms with Gasteiger partial charge in [-0.05, 0) is 23.8 Å². The molecule has 5 nitrogen and oxygen atoms in total. The Morgan fingerprint density at radius 3 is 2.78 bits per heavy atom. The first kappa shape index (κ1) is 15.6. The van der Waals surface area contributed by atoms with Gasteiger partial charge in [0, 0.05) is 26.3 Å². The van der Waals surface area contributed by atoms with Crippen molar-refractivity contribution in [3.8, 4) is 0 Å². The minimum absolute atomic E-state index is 0.0250. The first-order chi connectivity index (χ1) is 11.2. The molecule has 0 aliphatic carbocycles. The van der Waals surface area contributed by atoms with Gasteiger partial charge in [0.25, 0.3) is 0 Å². The van der Waals surface area contributed by atoms with E-state index in [9.17, 15) is 4.79 Å². The van der Waals surface area contributed by atoms with Crippen molar-refractivity contribution in [3.05, 3.63) is 48.3 Å². The lowest BCUT2D eigenvalue weighted by atomic mass is 9.79. The van der Waals surface area contributed by atoms with E-state index in [2.05, 4.69) is 47.7 Å². The van der Waals surface area contributed by atoms with Crippen LogP contribution in [0.2, 0.25) is 0 Å². The summed E-state index contributed by atoms with van der Waals surface area (Å²) >= 11 is 0. The molecule has 1 aliphatic heterocycles. The number of carbonyl (C=O) groups excluding carboxylic acids is 1. The molecule has 0 radical (unpaired) electrons. The van der Waals surface area contributed by atoms with Crippen LogP contribution in [0, 0.1) is 5.92 Å². The molecule has 1 aromatic carbocycles. The second-order valence-corrected chi connectivity index (χ2v) is 6.25. The molecule has 122 valence electrons. The van der Waals surface area contributed by atoms with E-state index in [1.165, 1.54) is 5.56 Å². The number of piperidine rings is 1. The SMILES string of the molecule is CC[C@@H]1CN(C(=O)Nc2cnn(C)c2)CC[C@H]1c1ccccc1. The molecule has 5 heteroatoms.